The van der Waals surface area contributed by atoms with Gasteiger partial charge in [0.2, 0.25) is 0 Å². The Kier molecular flexibility index (Phi) is 5.25. The predicted molar refractivity (Wildman–Crippen MR) is 67.7 cm³/mol. The third-order valence-corrected chi connectivity index (χ3v) is 2.78. The van der Waals surface area contributed by atoms with Gasteiger partial charge in [-0.15, -0.1) is 0 Å². The fraction of sp³-hybridized carbons (Fsp3) is 0.538. The molecule has 1 aromatic carbocycles. The Morgan fingerprint density at radius 2 is 1.94 bits per heavy atom. The normalized spacial score (nSPS) is 10.7. The van der Waals surface area contributed by atoms with Crippen molar-refractivity contribution in [1.82, 2.24) is 4.90 Å². The van der Waals surface area contributed by atoms with Gasteiger partial charge in [0, 0.05) is 24.2 Å². The highest BCUT2D eigenvalue weighted by molar-refractivity contribution is 5.49. The molecular weight excluding hydrogens is 218 g/mol. The van der Waals surface area contributed by atoms with Gasteiger partial charge in [-0.1, -0.05) is 6.07 Å². The molecule has 4 nitrogen and oxygen atoms in total. The van der Waals surface area contributed by atoms with Gasteiger partial charge >= 0.3 is 0 Å². The molecule has 0 saturated heterocycles. The van der Waals surface area contributed by atoms with Gasteiger partial charge < -0.3 is 14.6 Å². The van der Waals surface area contributed by atoms with Crippen LogP contribution in [0.3, 0.4) is 0 Å². The number of nitrogens with zero attached hydrogens (tertiary/aromatic N) is 1. The molecule has 0 aliphatic carbocycles. The van der Waals surface area contributed by atoms with Crippen LogP contribution in [0.2, 0.25) is 0 Å². The van der Waals surface area contributed by atoms with Crippen molar-refractivity contribution in [3.8, 4) is 11.5 Å². The van der Waals surface area contributed by atoms with Crippen LogP contribution in [0.1, 0.15) is 11.1 Å². The summed E-state index contributed by atoms with van der Waals surface area (Å²) in [5.41, 5.74) is 2.10. The first-order valence-electron chi connectivity index (χ1n) is 5.63. The van der Waals surface area contributed by atoms with Crippen LogP contribution < -0.4 is 9.47 Å². The number of benzene rings is 1. The van der Waals surface area contributed by atoms with Crippen LogP contribution in [0, 0.1) is 6.92 Å². The van der Waals surface area contributed by atoms with E-state index in [1.807, 2.05) is 31.0 Å². The van der Waals surface area contributed by atoms with E-state index in [9.17, 15) is 0 Å². The Morgan fingerprint density at radius 3 is 2.47 bits per heavy atom. The van der Waals surface area contributed by atoms with E-state index >= 15 is 0 Å². The van der Waals surface area contributed by atoms with Crippen molar-refractivity contribution < 1.29 is 14.6 Å². The Bertz CT molecular complexity index is 366. The van der Waals surface area contributed by atoms with Crippen molar-refractivity contribution in [3.05, 3.63) is 23.3 Å². The maximum Gasteiger partial charge on any atom is 0.129 e. The van der Waals surface area contributed by atoms with E-state index in [4.69, 9.17) is 14.6 Å². The molecule has 0 aliphatic rings. The lowest BCUT2D eigenvalue weighted by Gasteiger charge is -2.19. The van der Waals surface area contributed by atoms with Crippen molar-refractivity contribution in [2.45, 2.75) is 13.5 Å². The minimum atomic E-state index is 0.161. The monoisotopic (exact) mass is 239 g/mol. The number of likely N-dealkylation sites (N-methyl/N-ethyl adjacent to an activating group) is 1. The summed E-state index contributed by atoms with van der Waals surface area (Å²) in [6.07, 6.45) is 0. The number of hydrogen-bond acceptors (Lipinski definition) is 4. The highest BCUT2D eigenvalue weighted by atomic mass is 16.5. The molecule has 0 amide bonds. The van der Waals surface area contributed by atoms with Crippen LogP contribution in [-0.4, -0.2) is 44.4 Å². The number of ether oxygens (including phenoxy) is 2. The van der Waals surface area contributed by atoms with Crippen LogP contribution in [0.15, 0.2) is 12.1 Å². The molecule has 0 aliphatic heterocycles. The van der Waals surface area contributed by atoms with Crippen LogP contribution in [0.5, 0.6) is 11.5 Å². The largest absolute Gasteiger partial charge is 0.496 e. The number of aliphatic hydroxyl groups is 1. The first-order valence-corrected chi connectivity index (χ1v) is 5.63. The summed E-state index contributed by atoms with van der Waals surface area (Å²) in [6, 6.07) is 3.94. The summed E-state index contributed by atoms with van der Waals surface area (Å²) in [5.74, 6) is 1.68. The molecule has 17 heavy (non-hydrogen) atoms. The topological polar surface area (TPSA) is 41.9 Å². The van der Waals surface area contributed by atoms with Crippen molar-refractivity contribution in [2.24, 2.45) is 0 Å². The Morgan fingerprint density at radius 1 is 1.24 bits per heavy atom. The van der Waals surface area contributed by atoms with Gasteiger partial charge in [-0.25, -0.2) is 0 Å². The number of rotatable bonds is 6. The number of methoxy groups -OCH3 is 2. The van der Waals surface area contributed by atoms with E-state index in [2.05, 4.69) is 0 Å². The van der Waals surface area contributed by atoms with Crippen molar-refractivity contribution in [1.29, 1.82) is 0 Å². The standard InChI is InChI=1S/C13H21NO3/c1-10-12(16-3)6-5-11(13(10)17-4)9-14(2)7-8-15/h5-6,15H,7-9H2,1-4H3. The van der Waals surface area contributed by atoms with Crippen LogP contribution in [0.25, 0.3) is 0 Å². The first kappa shape index (κ1) is 13.8. The second-order valence-electron chi connectivity index (χ2n) is 4.05. The van der Waals surface area contributed by atoms with Gasteiger partial charge in [0.05, 0.1) is 20.8 Å². The Balaban J connectivity index is 2.96. The zero-order valence-electron chi connectivity index (χ0n) is 11.0. The van der Waals surface area contributed by atoms with Gasteiger partial charge in [-0.05, 0) is 20.0 Å². The average molecular weight is 239 g/mol. The van der Waals surface area contributed by atoms with E-state index in [0.29, 0.717) is 6.54 Å². The maximum absolute atomic E-state index is 8.89. The first-order chi connectivity index (χ1) is 8.13. The minimum Gasteiger partial charge on any atom is -0.496 e. The van der Waals surface area contributed by atoms with Crippen LogP contribution in [0.4, 0.5) is 0 Å². The van der Waals surface area contributed by atoms with Crippen molar-refractivity contribution >= 4 is 0 Å². The lowest BCUT2D eigenvalue weighted by atomic mass is 10.1. The molecule has 1 N–H and O–H groups in total. The summed E-state index contributed by atoms with van der Waals surface area (Å²) in [4.78, 5) is 2.05. The SMILES string of the molecule is COc1ccc(CN(C)CCO)c(OC)c1C. The van der Waals surface area contributed by atoms with Crippen molar-refractivity contribution in [3.63, 3.8) is 0 Å². The molecule has 0 saturated carbocycles. The maximum atomic E-state index is 8.89. The lowest BCUT2D eigenvalue weighted by molar-refractivity contribution is 0.215. The molecule has 1 aromatic rings. The third-order valence-electron chi connectivity index (χ3n) is 2.78. The molecule has 0 aromatic heterocycles. The molecule has 96 valence electrons. The van der Waals surface area contributed by atoms with Crippen LogP contribution >= 0.6 is 0 Å². The van der Waals surface area contributed by atoms with E-state index in [1.54, 1.807) is 14.2 Å². The number of aliphatic hydroxyl groups excluding tert-OH is 1. The molecular formula is C13H21NO3. The van der Waals surface area contributed by atoms with Crippen LogP contribution in [-0.2, 0) is 6.54 Å². The highest BCUT2D eigenvalue weighted by Gasteiger charge is 2.12. The molecule has 0 atom stereocenters. The van der Waals surface area contributed by atoms with Gasteiger partial charge in [0.25, 0.3) is 0 Å². The molecule has 0 heterocycles. The molecule has 4 heteroatoms. The third kappa shape index (κ3) is 3.35. The summed E-state index contributed by atoms with van der Waals surface area (Å²) in [6.45, 7) is 3.53. The van der Waals surface area contributed by atoms with E-state index in [0.717, 1.165) is 29.2 Å². The second kappa shape index (κ2) is 6.47. The van der Waals surface area contributed by atoms with Gasteiger partial charge in [0.1, 0.15) is 11.5 Å². The Hall–Kier alpha value is -1.26. The molecule has 0 unspecified atom stereocenters. The molecule has 1 rings (SSSR count). The summed E-state index contributed by atoms with van der Waals surface area (Å²) >= 11 is 0. The zero-order chi connectivity index (χ0) is 12.8. The fourth-order valence-electron chi connectivity index (χ4n) is 1.90. The smallest absolute Gasteiger partial charge is 0.129 e. The van der Waals surface area contributed by atoms with E-state index in [1.165, 1.54) is 0 Å². The minimum absolute atomic E-state index is 0.161. The highest BCUT2D eigenvalue weighted by Crippen LogP contribution is 2.31. The van der Waals surface area contributed by atoms with Gasteiger partial charge in [0.15, 0.2) is 0 Å². The molecule has 0 spiro atoms. The molecule has 0 radical (unpaired) electrons. The lowest BCUT2D eigenvalue weighted by Crippen LogP contribution is -2.21. The quantitative estimate of drug-likeness (QED) is 0.815. The second-order valence-corrected chi connectivity index (χ2v) is 4.05. The number of hydrogen-bond donors (Lipinski definition) is 1. The van der Waals surface area contributed by atoms with Gasteiger partial charge in [-0.2, -0.15) is 0 Å². The summed E-state index contributed by atoms with van der Waals surface area (Å²) in [7, 11) is 5.28. The predicted octanol–water partition coefficient (Wildman–Crippen LogP) is 1.44. The Labute approximate surface area is 103 Å². The van der Waals surface area contributed by atoms with Crippen molar-refractivity contribution in [2.75, 3.05) is 34.4 Å². The summed E-state index contributed by atoms with van der Waals surface area (Å²) in [5, 5.41) is 8.89. The summed E-state index contributed by atoms with van der Waals surface area (Å²) < 4.78 is 10.7. The average Bonchev–Trinajstić information content (AvgIpc) is 2.30. The fourth-order valence-corrected chi connectivity index (χ4v) is 1.90. The van der Waals surface area contributed by atoms with Gasteiger partial charge in [-0.3, -0.25) is 4.90 Å². The molecule has 0 fully saturated rings. The molecule has 0 bridgehead atoms. The van der Waals surface area contributed by atoms with E-state index in [-0.39, 0.29) is 6.61 Å². The van der Waals surface area contributed by atoms with E-state index < -0.39 is 0 Å². The zero-order valence-corrected chi connectivity index (χ0v) is 11.0.